The first-order chi connectivity index (χ1) is 13.0. The number of aliphatic carboxylic acids is 1. The molecular formula is C16H10F3N3O6. The van der Waals surface area contributed by atoms with E-state index >= 15 is 0 Å². The summed E-state index contributed by atoms with van der Waals surface area (Å²) in [6.07, 6.45) is -7.31. The standard InChI is InChI=1S/C16H10F3N3O6/c1-27-6-2-3-9-7(4-6)10-12(22(9)14(25)26)28-11(21)8(5-20)15(10,13(23)24)16(17,18)19/h2-4H,21H2,1H3,(H,23,24)(H,25,26). The molecule has 1 aromatic heterocycles. The number of carboxylic acid groups (broad SMARTS) is 2. The van der Waals surface area contributed by atoms with Crippen LogP contribution in [0.5, 0.6) is 11.6 Å². The van der Waals surface area contributed by atoms with E-state index in [-0.39, 0.29) is 11.3 Å². The van der Waals surface area contributed by atoms with Gasteiger partial charge in [-0.05, 0) is 18.2 Å². The van der Waals surface area contributed by atoms with Crippen LogP contribution in [0.2, 0.25) is 0 Å². The van der Waals surface area contributed by atoms with Crippen LogP contribution in [0.15, 0.2) is 29.7 Å². The van der Waals surface area contributed by atoms with Crippen molar-refractivity contribution in [3.05, 3.63) is 35.2 Å². The van der Waals surface area contributed by atoms with E-state index in [1.807, 2.05) is 0 Å². The lowest BCUT2D eigenvalue weighted by Gasteiger charge is -2.35. The molecule has 0 amide bonds. The van der Waals surface area contributed by atoms with Gasteiger partial charge in [0, 0.05) is 5.39 Å². The highest BCUT2D eigenvalue weighted by molar-refractivity contribution is 6.03. The lowest BCUT2D eigenvalue weighted by molar-refractivity contribution is -0.197. The molecule has 1 unspecified atom stereocenters. The van der Waals surface area contributed by atoms with Gasteiger partial charge in [0.25, 0.3) is 0 Å². The summed E-state index contributed by atoms with van der Waals surface area (Å²) in [6, 6.07) is 4.56. The predicted molar refractivity (Wildman–Crippen MR) is 84.7 cm³/mol. The summed E-state index contributed by atoms with van der Waals surface area (Å²) in [6.45, 7) is 0. The Hall–Kier alpha value is -3.88. The number of hydrogen-bond donors (Lipinski definition) is 3. The number of nitriles is 1. The van der Waals surface area contributed by atoms with Gasteiger partial charge in [0.1, 0.15) is 17.4 Å². The molecule has 2 aromatic rings. The Morgan fingerprint density at radius 1 is 1.36 bits per heavy atom. The number of alkyl halides is 3. The Labute approximate surface area is 153 Å². The van der Waals surface area contributed by atoms with Crippen LogP contribution in [-0.2, 0) is 10.2 Å². The summed E-state index contributed by atoms with van der Waals surface area (Å²) in [5.74, 6) is -4.56. The van der Waals surface area contributed by atoms with E-state index in [0.29, 0.717) is 4.57 Å². The largest absolute Gasteiger partial charge is 0.497 e. The molecule has 4 N–H and O–H groups in total. The van der Waals surface area contributed by atoms with Gasteiger partial charge in [-0.2, -0.15) is 18.4 Å². The number of rotatable bonds is 2. The third-order valence-corrected chi connectivity index (χ3v) is 4.38. The number of halogens is 3. The first kappa shape index (κ1) is 18.9. The van der Waals surface area contributed by atoms with Crippen LogP contribution >= 0.6 is 0 Å². The molecule has 0 spiro atoms. The molecule has 3 rings (SSSR count). The van der Waals surface area contributed by atoms with E-state index in [0.717, 1.165) is 18.2 Å². The maximum atomic E-state index is 14.2. The van der Waals surface area contributed by atoms with Crippen LogP contribution in [0.1, 0.15) is 5.56 Å². The van der Waals surface area contributed by atoms with Crippen molar-refractivity contribution in [3.8, 4) is 17.7 Å². The molecule has 2 heterocycles. The Morgan fingerprint density at radius 2 is 2.00 bits per heavy atom. The summed E-state index contributed by atoms with van der Waals surface area (Å²) in [7, 11) is 1.21. The highest BCUT2D eigenvalue weighted by Gasteiger charge is 2.70. The van der Waals surface area contributed by atoms with Crippen LogP contribution < -0.4 is 15.2 Å². The van der Waals surface area contributed by atoms with E-state index in [1.54, 1.807) is 0 Å². The highest BCUT2D eigenvalue weighted by atomic mass is 19.4. The van der Waals surface area contributed by atoms with Gasteiger partial charge >= 0.3 is 18.2 Å². The van der Waals surface area contributed by atoms with E-state index < -0.39 is 51.9 Å². The third-order valence-electron chi connectivity index (χ3n) is 4.38. The minimum Gasteiger partial charge on any atom is -0.497 e. The smallest absolute Gasteiger partial charge is 0.418 e. The van der Waals surface area contributed by atoms with Crippen molar-refractivity contribution < 1.29 is 42.4 Å². The predicted octanol–water partition coefficient (Wildman–Crippen LogP) is 2.15. The molecule has 1 aliphatic heterocycles. The van der Waals surface area contributed by atoms with Gasteiger partial charge in [0.15, 0.2) is 0 Å². The van der Waals surface area contributed by atoms with E-state index in [9.17, 15) is 38.2 Å². The average Bonchev–Trinajstić information content (AvgIpc) is 2.91. The highest BCUT2D eigenvalue weighted by Crippen LogP contribution is 2.56. The third kappa shape index (κ3) is 2.13. The Balaban J connectivity index is 2.66. The van der Waals surface area contributed by atoms with Crippen molar-refractivity contribution in [1.29, 1.82) is 5.26 Å². The summed E-state index contributed by atoms with van der Waals surface area (Å²) >= 11 is 0. The van der Waals surface area contributed by atoms with Crippen LogP contribution in [0.3, 0.4) is 0 Å². The molecule has 0 aliphatic carbocycles. The maximum absolute atomic E-state index is 14.2. The van der Waals surface area contributed by atoms with Gasteiger partial charge in [0.2, 0.25) is 17.2 Å². The zero-order valence-corrected chi connectivity index (χ0v) is 13.9. The number of carboxylic acids is 1. The van der Waals surface area contributed by atoms with E-state index in [4.69, 9.17) is 15.2 Å². The molecular weight excluding hydrogens is 387 g/mol. The summed E-state index contributed by atoms with van der Waals surface area (Å²) in [5, 5.41) is 27.9. The number of aromatic nitrogens is 1. The fourth-order valence-electron chi connectivity index (χ4n) is 3.25. The van der Waals surface area contributed by atoms with Crippen molar-refractivity contribution in [1.82, 2.24) is 4.57 Å². The number of nitrogens with zero attached hydrogens (tertiary/aromatic N) is 2. The zero-order valence-electron chi connectivity index (χ0n) is 13.9. The average molecular weight is 397 g/mol. The van der Waals surface area contributed by atoms with Gasteiger partial charge in [-0.1, -0.05) is 0 Å². The maximum Gasteiger partial charge on any atom is 0.418 e. The number of fused-ring (bicyclic) bond motifs is 3. The lowest BCUT2D eigenvalue weighted by atomic mass is 9.72. The van der Waals surface area contributed by atoms with Crippen molar-refractivity contribution >= 4 is 23.0 Å². The monoisotopic (exact) mass is 397 g/mol. The van der Waals surface area contributed by atoms with Crippen molar-refractivity contribution in [2.24, 2.45) is 5.73 Å². The van der Waals surface area contributed by atoms with Gasteiger partial charge in [-0.3, -0.25) is 4.79 Å². The Kier molecular flexibility index (Phi) is 3.92. The van der Waals surface area contributed by atoms with Crippen LogP contribution in [-0.4, -0.2) is 40.1 Å². The SMILES string of the molecule is COc1ccc2c(c1)c1c(n2C(=O)O)OC(N)=C(C#N)C1(C(=O)O)C(F)(F)F. The zero-order chi connectivity index (χ0) is 21.0. The summed E-state index contributed by atoms with van der Waals surface area (Å²) in [5.41, 5.74) is -1.33. The van der Waals surface area contributed by atoms with Crippen molar-refractivity contribution in [2.45, 2.75) is 11.6 Å². The number of ether oxygens (including phenoxy) is 2. The number of methoxy groups -OCH3 is 1. The first-order valence-corrected chi connectivity index (χ1v) is 7.36. The van der Waals surface area contributed by atoms with Gasteiger partial charge in [-0.25, -0.2) is 9.36 Å². The fraction of sp³-hybridized carbons (Fsp3) is 0.188. The molecule has 1 aromatic carbocycles. The molecule has 28 heavy (non-hydrogen) atoms. The molecule has 1 atom stereocenters. The van der Waals surface area contributed by atoms with Crippen molar-refractivity contribution in [3.63, 3.8) is 0 Å². The van der Waals surface area contributed by atoms with Crippen LogP contribution in [0.25, 0.3) is 10.9 Å². The second-order valence-electron chi connectivity index (χ2n) is 5.69. The van der Waals surface area contributed by atoms with E-state index in [1.165, 1.54) is 13.2 Å². The second kappa shape index (κ2) is 5.81. The Bertz CT molecular complexity index is 1110. The molecule has 0 fully saturated rings. The molecule has 0 saturated heterocycles. The number of nitrogens with two attached hydrogens (primary N) is 1. The fourth-order valence-corrected chi connectivity index (χ4v) is 3.25. The molecule has 1 aliphatic rings. The number of hydrogen-bond acceptors (Lipinski definition) is 6. The molecule has 0 saturated carbocycles. The molecule has 0 bridgehead atoms. The van der Waals surface area contributed by atoms with Gasteiger partial charge < -0.3 is 25.4 Å². The number of benzene rings is 1. The molecule has 12 heteroatoms. The molecule has 0 radical (unpaired) electrons. The minimum absolute atomic E-state index is 0.0281. The quantitative estimate of drug-likeness (QED) is 0.698. The van der Waals surface area contributed by atoms with E-state index in [2.05, 4.69) is 0 Å². The normalized spacial score (nSPS) is 19.0. The molecule has 9 nitrogen and oxygen atoms in total. The van der Waals surface area contributed by atoms with Crippen molar-refractivity contribution in [2.75, 3.05) is 7.11 Å². The Morgan fingerprint density at radius 3 is 2.46 bits per heavy atom. The first-order valence-electron chi connectivity index (χ1n) is 7.36. The number of carbonyl (C=O) groups is 2. The van der Waals surface area contributed by atoms with Gasteiger partial charge in [-0.15, -0.1) is 0 Å². The second-order valence-corrected chi connectivity index (χ2v) is 5.69. The van der Waals surface area contributed by atoms with Crippen LogP contribution in [0, 0.1) is 11.3 Å². The summed E-state index contributed by atoms with van der Waals surface area (Å²) < 4.78 is 52.8. The topological polar surface area (TPSA) is 148 Å². The minimum atomic E-state index is -5.56. The van der Waals surface area contributed by atoms with Gasteiger partial charge in [0.05, 0.1) is 18.2 Å². The van der Waals surface area contributed by atoms with Crippen LogP contribution in [0.4, 0.5) is 18.0 Å². The lowest BCUT2D eigenvalue weighted by Crippen LogP contribution is -2.53. The molecule has 146 valence electrons. The summed E-state index contributed by atoms with van der Waals surface area (Å²) in [4.78, 5) is 23.7.